The largest absolute Gasteiger partial charge is 0.384 e. The van der Waals surface area contributed by atoms with Crippen molar-refractivity contribution in [2.24, 2.45) is 5.92 Å². The van der Waals surface area contributed by atoms with E-state index in [1.165, 1.54) is 11.3 Å². The van der Waals surface area contributed by atoms with E-state index in [1.54, 1.807) is 23.8 Å². The molecule has 2 rings (SSSR count). The standard InChI is InChI=1S/C14H22N4O3S2/c1-3-4-5-18-9-10(8-11(18)19)12(20)15-13-16-17-14(23-13)22-7-6-21-2/h10H,3-9H2,1-2H3,(H,15,16,20). The van der Waals surface area contributed by atoms with Crippen LogP contribution in [0.3, 0.4) is 0 Å². The second-order valence-corrected chi connectivity index (χ2v) is 7.62. The zero-order chi connectivity index (χ0) is 16.7. The van der Waals surface area contributed by atoms with Gasteiger partial charge < -0.3 is 15.0 Å². The number of rotatable bonds is 9. The number of nitrogens with one attached hydrogen (secondary N) is 1. The Morgan fingerprint density at radius 1 is 1.52 bits per heavy atom. The minimum Gasteiger partial charge on any atom is -0.384 e. The Morgan fingerprint density at radius 3 is 3.09 bits per heavy atom. The van der Waals surface area contributed by atoms with Crippen molar-refractivity contribution in [1.82, 2.24) is 15.1 Å². The van der Waals surface area contributed by atoms with Gasteiger partial charge >= 0.3 is 0 Å². The van der Waals surface area contributed by atoms with Gasteiger partial charge in [0.25, 0.3) is 0 Å². The minimum atomic E-state index is -0.298. The van der Waals surface area contributed by atoms with Gasteiger partial charge in [-0.1, -0.05) is 36.4 Å². The second kappa shape index (κ2) is 9.19. The number of unbranched alkanes of at least 4 members (excludes halogenated alkanes) is 1. The van der Waals surface area contributed by atoms with Crippen LogP contribution < -0.4 is 5.32 Å². The van der Waals surface area contributed by atoms with E-state index in [0.29, 0.717) is 18.3 Å². The van der Waals surface area contributed by atoms with Crippen LogP contribution in [0.15, 0.2) is 4.34 Å². The van der Waals surface area contributed by atoms with Gasteiger partial charge in [0.1, 0.15) is 0 Å². The molecule has 0 aromatic carbocycles. The summed E-state index contributed by atoms with van der Waals surface area (Å²) in [5.41, 5.74) is 0. The zero-order valence-electron chi connectivity index (χ0n) is 13.4. The van der Waals surface area contributed by atoms with Crippen molar-refractivity contribution in [2.45, 2.75) is 30.5 Å². The molecular weight excluding hydrogens is 336 g/mol. The lowest BCUT2D eigenvalue weighted by atomic mass is 10.1. The van der Waals surface area contributed by atoms with Crippen molar-refractivity contribution >= 4 is 40.0 Å². The number of amides is 2. The number of carbonyl (C=O) groups is 2. The van der Waals surface area contributed by atoms with Gasteiger partial charge in [-0.25, -0.2) is 0 Å². The van der Waals surface area contributed by atoms with Crippen LogP contribution in [0.5, 0.6) is 0 Å². The van der Waals surface area contributed by atoms with Crippen molar-refractivity contribution in [3.05, 3.63) is 0 Å². The van der Waals surface area contributed by atoms with Gasteiger partial charge in [0.05, 0.1) is 12.5 Å². The second-order valence-electron chi connectivity index (χ2n) is 5.30. The molecule has 1 aromatic rings. The molecule has 2 amide bonds. The van der Waals surface area contributed by atoms with Gasteiger partial charge in [-0.05, 0) is 6.42 Å². The average Bonchev–Trinajstić information content (AvgIpc) is 3.12. The highest BCUT2D eigenvalue weighted by Crippen LogP contribution is 2.26. The molecular formula is C14H22N4O3S2. The summed E-state index contributed by atoms with van der Waals surface area (Å²) in [4.78, 5) is 26.0. The maximum atomic E-state index is 12.3. The maximum Gasteiger partial charge on any atom is 0.231 e. The Hall–Kier alpha value is -1.19. The summed E-state index contributed by atoms with van der Waals surface area (Å²) in [6, 6.07) is 0. The number of methoxy groups -OCH3 is 1. The van der Waals surface area contributed by atoms with Crippen molar-refractivity contribution in [2.75, 3.05) is 37.9 Å². The van der Waals surface area contributed by atoms with Gasteiger partial charge in [-0.3, -0.25) is 9.59 Å². The molecule has 1 N–H and O–H groups in total. The molecule has 7 nitrogen and oxygen atoms in total. The predicted octanol–water partition coefficient (Wildman–Crippen LogP) is 1.86. The molecule has 0 spiro atoms. The van der Waals surface area contributed by atoms with E-state index in [0.717, 1.165) is 29.5 Å². The molecule has 1 atom stereocenters. The lowest BCUT2D eigenvalue weighted by molar-refractivity contribution is -0.128. The number of thioether (sulfide) groups is 1. The van der Waals surface area contributed by atoms with Gasteiger partial charge in [-0.15, -0.1) is 10.2 Å². The first-order chi connectivity index (χ1) is 11.1. The SMILES string of the molecule is CCCCN1CC(C(=O)Nc2nnc(SCCOC)s2)CC1=O. The topological polar surface area (TPSA) is 84.4 Å². The van der Waals surface area contributed by atoms with Gasteiger partial charge in [0, 0.05) is 32.4 Å². The summed E-state index contributed by atoms with van der Waals surface area (Å²) >= 11 is 2.88. The molecule has 1 saturated heterocycles. The Balaban J connectivity index is 1.81. The molecule has 23 heavy (non-hydrogen) atoms. The summed E-state index contributed by atoms with van der Waals surface area (Å²) in [5, 5.41) is 11.2. The van der Waals surface area contributed by atoms with Crippen molar-refractivity contribution in [1.29, 1.82) is 0 Å². The van der Waals surface area contributed by atoms with E-state index in [-0.39, 0.29) is 24.2 Å². The van der Waals surface area contributed by atoms with Crippen LogP contribution >= 0.6 is 23.1 Å². The zero-order valence-corrected chi connectivity index (χ0v) is 15.0. The maximum absolute atomic E-state index is 12.3. The van der Waals surface area contributed by atoms with E-state index < -0.39 is 0 Å². The predicted molar refractivity (Wildman–Crippen MR) is 90.7 cm³/mol. The first-order valence-electron chi connectivity index (χ1n) is 7.68. The van der Waals surface area contributed by atoms with E-state index in [9.17, 15) is 9.59 Å². The molecule has 1 aromatic heterocycles. The normalized spacial score (nSPS) is 17.7. The van der Waals surface area contributed by atoms with Crippen LogP contribution in [0, 0.1) is 5.92 Å². The monoisotopic (exact) mass is 358 g/mol. The van der Waals surface area contributed by atoms with Crippen LogP contribution in [-0.2, 0) is 14.3 Å². The highest BCUT2D eigenvalue weighted by Gasteiger charge is 2.34. The third kappa shape index (κ3) is 5.43. The molecule has 1 aliphatic heterocycles. The van der Waals surface area contributed by atoms with E-state index in [1.807, 2.05) is 0 Å². The summed E-state index contributed by atoms with van der Waals surface area (Å²) < 4.78 is 5.78. The molecule has 1 aliphatic rings. The molecule has 0 aliphatic carbocycles. The highest BCUT2D eigenvalue weighted by atomic mass is 32.2. The van der Waals surface area contributed by atoms with Crippen LogP contribution in [0.25, 0.3) is 0 Å². The van der Waals surface area contributed by atoms with E-state index >= 15 is 0 Å². The van der Waals surface area contributed by atoms with Crippen molar-refractivity contribution in [3.8, 4) is 0 Å². The Morgan fingerprint density at radius 2 is 2.35 bits per heavy atom. The molecule has 0 bridgehead atoms. The third-order valence-electron chi connectivity index (χ3n) is 3.52. The lowest BCUT2D eigenvalue weighted by Gasteiger charge is -2.15. The smallest absolute Gasteiger partial charge is 0.231 e. The minimum absolute atomic E-state index is 0.0617. The van der Waals surface area contributed by atoms with Crippen molar-refractivity contribution in [3.63, 3.8) is 0 Å². The van der Waals surface area contributed by atoms with Crippen LogP contribution in [0.2, 0.25) is 0 Å². The number of nitrogens with zero attached hydrogens (tertiary/aromatic N) is 3. The number of likely N-dealkylation sites (tertiary alicyclic amines) is 1. The highest BCUT2D eigenvalue weighted by molar-refractivity contribution is 8.01. The summed E-state index contributed by atoms with van der Waals surface area (Å²) in [7, 11) is 1.65. The quantitative estimate of drug-likeness (QED) is 0.412. The molecule has 2 heterocycles. The summed E-state index contributed by atoms with van der Waals surface area (Å²) in [6.45, 7) is 3.96. The molecule has 128 valence electrons. The fraction of sp³-hybridized carbons (Fsp3) is 0.714. The number of carbonyl (C=O) groups excluding carboxylic acids is 2. The van der Waals surface area contributed by atoms with Crippen LogP contribution in [0.1, 0.15) is 26.2 Å². The average molecular weight is 358 g/mol. The number of aromatic nitrogens is 2. The molecule has 1 fully saturated rings. The number of ether oxygens (including phenoxy) is 1. The molecule has 9 heteroatoms. The molecule has 0 radical (unpaired) electrons. The third-order valence-corrected chi connectivity index (χ3v) is 5.45. The Bertz CT molecular complexity index is 538. The van der Waals surface area contributed by atoms with Crippen LogP contribution in [-0.4, -0.2) is 59.5 Å². The number of anilines is 1. The Kier molecular flexibility index (Phi) is 7.25. The first-order valence-corrected chi connectivity index (χ1v) is 9.48. The van der Waals surface area contributed by atoms with Crippen LogP contribution in [0.4, 0.5) is 5.13 Å². The Labute approximate surface area is 144 Å². The van der Waals surface area contributed by atoms with E-state index in [4.69, 9.17) is 4.74 Å². The van der Waals surface area contributed by atoms with Gasteiger partial charge in [0.15, 0.2) is 4.34 Å². The summed E-state index contributed by atoms with van der Waals surface area (Å²) in [6.07, 6.45) is 2.29. The fourth-order valence-electron chi connectivity index (χ4n) is 2.25. The van der Waals surface area contributed by atoms with Gasteiger partial charge in [-0.2, -0.15) is 0 Å². The molecule has 1 unspecified atom stereocenters. The molecule has 0 saturated carbocycles. The summed E-state index contributed by atoms with van der Waals surface area (Å²) in [5.74, 6) is 0.407. The van der Waals surface area contributed by atoms with Gasteiger partial charge in [0.2, 0.25) is 16.9 Å². The van der Waals surface area contributed by atoms with Crippen molar-refractivity contribution < 1.29 is 14.3 Å². The number of hydrogen-bond acceptors (Lipinski definition) is 7. The van der Waals surface area contributed by atoms with E-state index in [2.05, 4.69) is 22.4 Å². The lowest BCUT2D eigenvalue weighted by Crippen LogP contribution is -2.29. The first kappa shape index (κ1) is 18.2. The fourth-order valence-corrected chi connectivity index (χ4v) is 3.98. The number of hydrogen-bond donors (Lipinski definition) is 1.